The number of hydrogen-bond donors (Lipinski definition) is 1. The Balaban J connectivity index is 1.65. The van der Waals surface area contributed by atoms with E-state index in [9.17, 15) is 0 Å². The van der Waals surface area contributed by atoms with Crippen LogP contribution in [0.15, 0.2) is 55.1 Å². The lowest BCUT2D eigenvalue weighted by atomic mass is 9.81. The molecule has 1 aliphatic rings. The van der Waals surface area contributed by atoms with Gasteiger partial charge in [0.15, 0.2) is 17.5 Å². The van der Waals surface area contributed by atoms with Crippen molar-refractivity contribution >= 4 is 28.8 Å². The zero-order valence-corrected chi connectivity index (χ0v) is 26.5. The van der Waals surface area contributed by atoms with Gasteiger partial charge >= 0.3 is 0 Å². The molecule has 0 atom stereocenters. The lowest BCUT2D eigenvalue weighted by Crippen LogP contribution is -2.27. The monoisotopic (exact) mass is 564 g/mol. The van der Waals surface area contributed by atoms with Crippen LogP contribution < -0.4 is 20.0 Å². The average molecular weight is 565 g/mol. The highest BCUT2D eigenvalue weighted by atomic mass is 15.4. The molecule has 4 aromatic rings. The second kappa shape index (κ2) is 12.0. The Morgan fingerprint density at radius 2 is 1.40 bits per heavy atom. The van der Waals surface area contributed by atoms with E-state index >= 15 is 0 Å². The zero-order valence-electron chi connectivity index (χ0n) is 26.5. The third-order valence-electron chi connectivity index (χ3n) is 8.02. The molecule has 42 heavy (non-hydrogen) atoms. The summed E-state index contributed by atoms with van der Waals surface area (Å²) < 4.78 is 0. The quantitative estimate of drug-likeness (QED) is 0.208. The van der Waals surface area contributed by atoms with Crippen LogP contribution in [0.1, 0.15) is 81.7 Å². The summed E-state index contributed by atoms with van der Waals surface area (Å²) in [6.45, 7) is 17.0. The van der Waals surface area contributed by atoms with Crippen LogP contribution >= 0.6 is 0 Å². The minimum absolute atomic E-state index is 0.381. The first-order chi connectivity index (χ1) is 20.0. The van der Waals surface area contributed by atoms with E-state index in [1.165, 1.54) is 27.8 Å². The number of nitrogens with one attached hydrogen (secondary N) is 1. The Bertz CT molecular complexity index is 1530. The summed E-state index contributed by atoms with van der Waals surface area (Å²) in [5, 5.41) is 3.69. The number of aromatic nitrogens is 4. The van der Waals surface area contributed by atoms with Crippen LogP contribution in [-0.4, -0.2) is 47.4 Å². The third-order valence-corrected chi connectivity index (χ3v) is 8.02. The van der Waals surface area contributed by atoms with E-state index < -0.39 is 0 Å². The molecule has 1 N–H and O–H groups in total. The summed E-state index contributed by atoms with van der Waals surface area (Å²) in [4.78, 5) is 24.8. The van der Waals surface area contributed by atoms with Crippen molar-refractivity contribution in [2.24, 2.45) is 0 Å². The van der Waals surface area contributed by atoms with Gasteiger partial charge in [-0.05, 0) is 70.7 Å². The fourth-order valence-electron chi connectivity index (χ4n) is 5.70. The molecule has 8 nitrogen and oxygen atoms in total. The lowest BCUT2D eigenvalue weighted by molar-refractivity contribution is 0.807. The molecule has 0 saturated heterocycles. The minimum atomic E-state index is 0.381. The van der Waals surface area contributed by atoms with Crippen molar-refractivity contribution in [2.45, 2.75) is 66.2 Å². The number of anilines is 5. The predicted octanol–water partition coefficient (Wildman–Crippen LogP) is 7.66. The van der Waals surface area contributed by atoms with Crippen molar-refractivity contribution in [3.63, 3.8) is 0 Å². The summed E-state index contributed by atoms with van der Waals surface area (Å²) in [6.07, 6.45) is 6.99. The van der Waals surface area contributed by atoms with Crippen molar-refractivity contribution in [1.82, 2.24) is 19.9 Å². The Morgan fingerprint density at radius 1 is 0.786 bits per heavy atom. The van der Waals surface area contributed by atoms with Gasteiger partial charge in [-0.15, -0.1) is 0 Å². The number of benzene rings is 2. The van der Waals surface area contributed by atoms with Gasteiger partial charge in [0.05, 0.1) is 19.0 Å². The van der Waals surface area contributed by atoms with Gasteiger partial charge in [0.1, 0.15) is 0 Å². The second-order valence-corrected chi connectivity index (χ2v) is 12.3. The molecular formula is C34H44N8. The van der Waals surface area contributed by atoms with Gasteiger partial charge in [0.25, 0.3) is 0 Å². The van der Waals surface area contributed by atoms with E-state index in [0.717, 1.165) is 34.5 Å². The maximum Gasteiger partial charge on any atom is 0.178 e. The third kappa shape index (κ3) is 5.75. The molecule has 0 saturated carbocycles. The highest BCUT2D eigenvalue weighted by molar-refractivity contribution is 5.84. The van der Waals surface area contributed by atoms with Crippen molar-refractivity contribution in [2.75, 3.05) is 47.4 Å². The summed E-state index contributed by atoms with van der Waals surface area (Å²) in [7, 11) is 4.10. The number of nitrogens with zero attached hydrogens (tertiary/aromatic N) is 7. The lowest BCUT2D eigenvalue weighted by Gasteiger charge is -2.26. The van der Waals surface area contributed by atoms with Gasteiger partial charge in [-0.25, -0.2) is 15.0 Å². The van der Waals surface area contributed by atoms with Crippen molar-refractivity contribution < 1.29 is 0 Å². The largest absolute Gasteiger partial charge is 0.368 e. The van der Waals surface area contributed by atoms with Crippen LogP contribution in [-0.2, 0) is 0 Å². The molecule has 1 aliphatic heterocycles. The molecule has 0 spiro atoms. The van der Waals surface area contributed by atoms with E-state index in [1.54, 1.807) is 24.8 Å². The van der Waals surface area contributed by atoms with E-state index in [0.29, 0.717) is 31.1 Å². The Kier molecular flexibility index (Phi) is 8.34. The summed E-state index contributed by atoms with van der Waals surface area (Å²) in [5.74, 6) is 3.85. The van der Waals surface area contributed by atoms with E-state index in [2.05, 4.69) is 114 Å². The van der Waals surface area contributed by atoms with E-state index in [1.807, 2.05) is 14.0 Å². The molecule has 8 heteroatoms. The molecule has 0 amide bonds. The molecular weight excluding hydrogens is 520 g/mol. The van der Waals surface area contributed by atoms with Crippen LogP contribution in [0.25, 0.3) is 11.1 Å². The van der Waals surface area contributed by atoms with Crippen LogP contribution in [0.3, 0.4) is 0 Å². The summed E-state index contributed by atoms with van der Waals surface area (Å²) >= 11 is 0. The number of hydrogen-bond acceptors (Lipinski definition) is 8. The first-order valence-corrected chi connectivity index (χ1v) is 14.9. The van der Waals surface area contributed by atoms with Crippen LogP contribution in [0, 0.1) is 6.92 Å². The van der Waals surface area contributed by atoms with Crippen molar-refractivity contribution in [1.29, 1.82) is 0 Å². The van der Waals surface area contributed by atoms with Gasteiger partial charge in [-0.2, -0.15) is 0 Å². The molecule has 3 heterocycles. The topological polar surface area (TPSA) is 73.3 Å². The minimum Gasteiger partial charge on any atom is -0.368 e. The smallest absolute Gasteiger partial charge is 0.178 e. The second-order valence-electron chi connectivity index (χ2n) is 12.3. The molecule has 0 unspecified atom stereocenters. The van der Waals surface area contributed by atoms with Gasteiger partial charge in [-0.1, -0.05) is 53.7 Å². The first-order valence-electron chi connectivity index (χ1n) is 14.9. The maximum atomic E-state index is 4.72. The molecule has 0 fully saturated rings. The fraction of sp³-hybridized carbons (Fsp3) is 0.412. The van der Waals surface area contributed by atoms with Gasteiger partial charge in [0, 0.05) is 50.3 Å². The molecule has 0 bridgehead atoms. The van der Waals surface area contributed by atoms with E-state index in [-0.39, 0.29) is 0 Å². The summed E-state index contributed by atoms with van der Waals surface area (Å²) in [5.41, 5.74) is 9.73. The van der Waals surface area contributed by atoms with Gasteiger partial charge < -0.3 is 20.0 Å². The van der Waals surface area contributed by atoms with Gasteiger partial charge in [-0.3, -0.25) is 4.98 Å². The Morgan fingerprint density at radius 3 is 2.02 bits per heavy atom. The predicted molar refractivity (Wildman–Crippen MR) is 175 cm³/mol. The molecule has 2 aromatic heterocycles. The molecule has 220 valence electrons. The molecule has 0 radical (unpaired) electrons. The highest BCUT2D eigenvalue weighted by Crippen LogP contribution is 2.43. The van der Waals surface area contributed by atoms with Crippen molar-refractivity contribution in [3.05, 3.63) is 77.5 Å². The van der Waals surface area contributed by atoms with Crippen LogP contribution in [0.5, 0.6) is 0 Å². The first kappa shape index (κ1) is 29.3. The Hall–Kier alpha value is -4.20. The molecule has 2 aromatic carbocycles. The molecule has 5 rings (SSSR count). The molecule has 0 aliphatic carbocycles. The number of rotatable bonds is 9. The van der Waals surface area contributed by atoms with Gasteiger partial charge in [0.2, 0.25) is 0 Å². The normalized spacial score (nSPS) is 13.0. The standard InChI is InChI=1S/C34H44N8/c1-21(2)25-16-29(22(3)4)31(30(17-25)23(5)6)26-14-27(39-19-40(8)32-24(7)35-10-11-36-32)18-28(15-26)42-20-41(9)33-34(42)38-13-12-37-33/h10-18,21-23,39H,19-20H2,1-9H3. The average Bonchev–Trinajstić information content (AvgIpc) is 3.31. The SMILES string of the molecule is Cc1nccnc1N(C)CNc1cc(-c2c(C(C)C)cc(C(C)C)cc2C(C)C)cc(N2CN(C)c3nccnc32)c1. The summed E-state index contributed by atoms with van der Waals surface area (Å²) in [6, 6.07) is 11.7. The zero-order chi connectivity index (χ0) is 30.1. The van der Waals surface area contributed by atoms with Crippen LogP contribution in [0.2, 0.25) is 0 Å². The highest BCUT2D eigenvalue weighted by Gasteiger charge is 2.28. The van der Waals surface area contributed by atoms with Crippen LogP contribution in [0.4, 0.5) is 28.8 Å². The number of aryl methyl sites for hydroxylation is 1. The Labute approximate surface area is 250 Å². The van der Waals surface area contributed by atoms with E-state index in [4.69, 9.17) is 4.98 Å². The fourth-order valence-corrected chi connectivity index (χ4v) is 5.70. The maximum absolute atomic E-state index is 4.72. The number of fused-ring (bicyclic) bond motifs is 1. The van der Waals surface area contributed by atoms with Crippen molar-refractivity contribution in [3.8, 4) is 11.1 Å².